The number of guanidine groups is 1. The van der Waals surface area contributed by atoms with Gasteiger partial charge < -0.3 is 10.2 Å². The van der Waals surface area contributed by atoms with Crippen LogP contribution in [0.4, 0.5) is 5.69 Å². The van der Waals surface area contributed by atoms with Crippen LogP contribution in [0.25, 0.3) is 4.91 Å². The number of sulfonamides is 1. The standard InChI is InChI=1S/C27H28N6O2S3/c1-19-8-6-7-11-22(19)31-27(29-18-28)32-14-15-33(24(16-32)21-9-4-3-5-10-21)38(34,35)26-13-12-25(37-26)23-17-36-20(2)30-23/h3-12,17,24,26H,13-16H2,1-2H3,(H,29,31). The van der Waals surface area contributed by atoms with Gasteiger partial charge in [0.15, 0.2) is 0 Å². The number of piperazine rings is 1. The molecule has 8 nitrogen and oxygen atoms in total. The molecule has 5 rings (SSSR count). The van der Waals surface area contributed by atoms with Gasteiger partial charge >= 0.3 is 0 Å². The quantitative estimate of drug-likeness (QED) is 0.258. The number of benzene rings is 2. The molecule has 1 N–H and O–H groups in total. The van der Waals surface area contributed by atoms with E-state index in [1.165, 1.54) is 11.8 Å². The Hall–Kier alpha value is -3.17. The highest BCUT2D eigenvalue weighted by Crippen LogP contribution is 2.44. The molecule has 0 aliphatic carbocycles. The third-order valence-electron chi connectivity index (χ3n) is 6.65. The fourth-order valence-electron chi connectivity index (χ4n) is 4.68. The number of aryl methyl sites for hydroxylation is 2. The van der Waals surface area contributed by atoms with Crippen LogP contribution >= 0.6 is 23.1 Å². The van der Waals surface area contributed by atoms with Gasteiger partial charge in [-0.2, -0.15) is 9.57 Å². The second-order valence-corrected chi connectivity index (χ2v) is 13.8. The van der Waals surface area contributed by atoms with Crippen molar-refractivity contribution in [1.82, 2.24) is 14.2 Å². The number of aromatic nitrogens is 1. The van der Waals surface area contributed by atoms with Crippen molar-refractivity contribution in [3.8, 4) is 6.19 Å². The molecule has 1 fully saturated rings. The second kappa shape index (κ2) is 11.3. The Morgan fingerprint density at radius 3 is 2.61 bits per heavy atom. The smallest absolute Gasteiger partial charge is 0.227 e. The molecule has 2 atom stereocenters. The summed E-state index contributed by atoms with van der Waals surface area (Å²) < 4.78 is 29.1. The van der Waals surface area contributed by atoms with Crippen molar-refractivity contribution in [3.05, 3.63) is 87.9 Å². The number of thiazole rings is 1. The number of anilines is 1. The van der Waals surface area contributed by atoms with Gasteiger partial charge in [0.05, 0.1) is 16.7 Å². The number of nitrogens with one attached hydrogen (secondary N) is 1. The first kappa shape index (κ1) is 26.4. The lowest BCUT2D eigenvalue weighted by atomic mass is 10.0. The summed E-state index contributed by atoms with van der Waals surface area (Å²) >= 11 is 2.94. The normalized spacial score (nSPS) is 20.7. The van der Waals surface area contributed by atoms with Gasteiger partial charge in [-0.3, -0.25) is 0 Å². The first-order chi connectivity index (χ1) is 18.4. The second-order valence-electron chi connectivity index (χ2n) is 9.11. The van der Waals surface area contributed by atoms with Crippen LogP contribution in [0.2, 0.25) is 0 Å². The number of rotatable bonds is 5. The average Bonchev–Trinajstić information content (AvgIpc) is 3.60. The molecule has 1 aromatic heterocycles. The van der Waals surface area contributed by atoms with Crippen molar-refractivity contribution in [2.75, 3.05) is 25.0 Å². The summed E-state index contributed by atoms with van der Waals surface area (Å²) in [7, 11) is -3.65. The SMILES string of the molecule is Cc1nc(C2=CCC(S(=O)(=O)N3CCN(/C(=N/C#N)Nc4ccccc4C)CC3c3ccccc3)S2)cs1. The van der Waals surface area contributed by atoms with E-state index in [1.54, 1.807) is 15.6 Å². The summed E-state index contributed by atoms with van der Waals surface area (Å²) in [5.74, 6) is 0.415. The molecule has 3 heterocycles. The fraction of sp³-hybridized carbons (Fsp3) is 0.296. The first-order valence-corrected chi connectivity index (χ1v) is 15.5. The first-order valence-electron chi connectivity index (χ1n) is 12.3. The molecule has 0 bridgehead atoms. The lowest BCUT2D eigenvalue weighted by Crippen LogP contribution is -2.54. The largest absolute Gasteiger partial charge is 0.339 e. The number of para-hydroxylation sites is 1. The van der Waals surface area contributed by atoms with Crippen molar-refractivity contribution < 1.29 is 8.42 Å². The van der Waals surface area contributed by atoms with Crippen LogP contribution in [0.5, 0.6) is 0 Å². The number of nitriles is 1. The van der Waals surface area contributed by atoms with E-state index >= 15 is 0 Å². The van der Waals surface area contributed by atoms with Crippen molar-refractivity contribution in [2.45, 2.75) is 30.9 Å². The molecule has 3 aromatic rings. The van der Waals surface area contributed by atoms with Crippen LogP contribution in [0.15, 0.2) is 71.0 Å². The Labute approximate surface area is 231 Å². The van der Waals surface area contributed by atoms with Crippen LogP contribution in [-0.4, -0.2) is 52.8 Å². The van der Waals surface area contributed by atoms with Gasteiger partial charge in [-0.25, -0.2) is 13.4 Å². The summed E-state index contributed by atoms with van der Waals surface area (Å²) in [6.45, 7) is 4.99. The van der Waals surface area contributed by atoms with Crippen molar-refractivity contribution in [2.24, 2.45) is 4.99 Å². The summed E-state index contributed by atoms with van der Waals surface area (Å²) in [4.78, 5) is 11.5. The van der Waals surface area contributed by atoms with Crippen LogP contribution in [0, 0.1) is 25.3 Å². The van der Waals surface area contributed by atoms with Gasteiger partial charge in [0.25, 0.3) is 0 Å². The predicted molar refractivity (Wildman–Crippen MR) is 155 cm³/mol. The third-order valence-corrected chi connectivity index (χ3v) is 11.5. The molecule has 2 aliphatic heterocycles. The number of hydrogen-bond donors (Lipinski definition) is 1. The Morgan fingerprint density at radius 2 is 1.89 bits per heavy atom. The van der Waals surface area contributed by atoms with E-state index < -0.39 is 20.6 Å². The zero-order valence-corrected chi connectivity index (χ0v) is 23.6. The van der Waals surface area contributed by atoms with Gasteiger partial charge in [0.2, 0.25) is 22.2 Å². The molecule has 2 aliphatic rings. The van der Waals surface area contributed by atoms with E-state index in [2.05, 4.69) is 15.3 Å². The van der Waals surface area contributed by atoms with Crippen molar-refractivity contribution in [3.63, 3.8) is 0 Å². The summed E-state index contributed by atoms with van der Waals surface area (Å²) in [5.41, 5.74) is 3.63. The van der Waals surface area contributed by atoms with E-state index in [0.717, 1.165) is 32.4 Å². The van der Waals surface area contributed by atoms with Crippen LogP contribution in [0.3, 0.4) is 0 Å². The highest BCUT2D eigenvalue weighted by atomic mass is 32.3. The Morgan fingerprint density at radius 1 is 1.13 bits per heavy atom. The Kier molecular flexibility index (Phi) is 7.85. The van der Waals surface area contributed by atoms with Gasteiger partial charge in [-0.15, -0.1) is 28.1 Å². The van der Waals surface area contributed by atoms with Crippen LogP contribution in [-0.2, 0) is 10.0 Å². The van der Waals surface area contributed by atoms with E-state index in [-0.39, 0.29) is 6.54 Å². The minimum Gasteiger partial charge on any atom is -0.339 e. The van der Waals surface area contributed by atoms with Crippen molar-refractivity contribution >= 4 is 49.7 Å². The minimum absolute atomic E-state index is 0.282. The minimum atomic E-state index is -3.65. The average molecular weight is 565 g/mol. The van der Waals surface area contributed by atoms with Gasteiger partial charge in [0.1, 0.15) is 4.58 Å². The van der Waals surface area contributed by atoms with E-state index in [9.17, 15) is 13.7 Å². The zero-order valence-electron chi connectivity index (χ0n) is 21.1. The highest BCUT2D eigenvalue weighted by Gasteiger charge is 2.43. The lowest BCUT2D eigenvalue weighted by Gasteiger charge is -2.42. The monoisotopic (exact) mass is 564 g/mol. The summed E-state index contributed by atoms with van der Waals surface area (Å²) in [6.07, 6.45) is 4.33. The molecule has 2 unspecified atom stereocenters. The molecule has 38 heavy (non-hydrogen) atoms. The van der Waals surface area contributed by atoms with Crippen LogP contribution < -0.4 is 5.32 Å². The maximum absolute atomic E-state index is 14.0. The van der Waals surface area contributed by atoms with E-state index in [4.69, 9.17) is 0 Å². The zero-order chi connectivity index (χ0) is 26.7. The van der Waals surface area contributed by atoms with Crippen LogP contribution in [0.1, 0.15) is 34.3 Å². The molecule has 0 spiro atoms. The third kappa shape index (κ3) is 5.49. The maximum Gasteiger partial charge on any atom is 0.227 e. The topological polar surface area (TPSA) is 102 Å². The van der Waals surface area contributed by atoms with Gasteiger partial charge in [-0.1, -0.05) is 54.6 Å². The molecular formula is C27H28N6O2S3. The predicted octanol–water partition coefficient (Wildman–Crippen LogP) is 5.20. The Balaban J connectivity index is 1.40. The molecule has 2 aromatic carbocycles. The Bertz CT molecular complexity index is 1510. The molecule has 1 saturated heterocycles. The number of thioether (sulfide) groups is 1. The molecule has 11 heteroatoms. The summed E-state index contributed by atoms with van der Waals surface area (Å²) in [6, 6.07) is 17.0. The van der Waals surface area contributed by atoms with Gasteiger partial charge in [0, 0.05) is 35.6 Å². The number of hydrogen-bond acceptors (Lipinski definition) is 7. The van der Waals surface area contributed by atoms with E-state index in [1.807, 2.05) is 91.0 Å². The van der Waals surface area contributed by atoms with Crippen molar-refractivity contribution in [1.29, 1.82) is 5.26 Å². The number of allylic oxidation sites excluding steroid dienone is 1. The summed E-state index contributed by atoms with van der Waals surface area (Å²) in [5, 5.41) is 15.6. The van der Waals surface area contributed by atoms with E-state index in [0.29, 0.717) is 25.5 Å². The molecular weight excluding hydrogens is 537 g/mol. The molecule has 0 radical (unpaired) electrons. The fourth-order valence-corrected chi connectivity index (χ4v) is 8.92. The highest BCUT2D eigenvalue weighted by molar-refractivity contribution is 8.18. The lowest BCUT2D eigenvalue weighted by molar-refractivity contribution is 0.194. The molecule has 0 amide bonds. The number of nitrogens with zero attached hydrogens (tertiary/aromatic N) is 5. The maximum atomic E-state index is 14.0. The van der Waals surface area contributed by atoms with Gasteiger partial charge in [-0.05, 0) is 37.5 Å². The molecule has 196 valence electrons. The molecule has 0 saturated carbocycles. The number of aliphatic imine (C=N–C) groups is 1.